The molecule has 0 spiro atoms. The molecule has 0 aliphatic carbocycles. The van der Waals surface area contributed by atoms with Gasteiger partial charge in [-0.05, 0) is 12.8 Å². The van der Waals surface area contributed by atoms with Crippen LogP contribution in [0.2, 0.25) is 0 Å². The van der Waals surface area contributed by atoms with Crippen LogP contribution in [-0.2, 0) is 4.79 Å². The Morgan fingerprint density at radius 3 is 1.88 bits per heavy atom. The standard InChI is InChI=1S/C16H28O/c1-2-3-4-5-6-7-8-9-10-11-12-13-14-15-16-17/h13-15H,2-12H2,1H3. The number of unbranched alkanes of at least 4 members (excludes halogenated alkanes) is 10. The van der Waals surface area contributed by atoms with E-state index in [1.54, 1.807) is 12.0 Å². The molecule has 1 heteroatoms. The van der Waals surface area contributed by atoms with Gasteiger partial charge in [0.15, 0.2) is 0 Å². The molecule has 0 unspecified atom stereocenters. The summed E-state index contributed by atoms with van der Waals surface area (Å²) >= 11 is 0. The molecule has 0 rings (SSSR count). The summed E-state index contributed by atoms with van der Waals surface area (Å²) in [5.74, 6) is 1.75. The molecule has 0 aromatic carbocycles. The third-order valence-corrected chi connectivity index (χ3v) is 3.02. The maximum absolute atomic E-state index is 9.87. The number of rotatable bonds is 12. The molecule has 0 heterocycles. The Hall–Kier alpha value is -0.810. The zero-order valence-electron chi connectivity index (χ0n) is 11.4. The Kier molecular flexibility index (Phi) is 14.5. The van der Waals surface area contributed by atoms with Gasteiger partial charge >= 0.3 is 0 Å². The van der Waals surface area contributed by atoms with E-state index in [1.807, 2.05) is 0 Å². The van der Waals surface area contributed by atoms with Gasteiger partial charge in [0.1, 0.15) is 5.94 Å². The van der Waals surface area contributed by atoms with Crippen LogP contribution < -0.4 is 0 Å². The largest absolute Gasteiger partial charge is 0.234 e. The minimum atomic E-state index is 1.09. The lowest BCUT2D eigenvalue weighted by molar-refractivity contribution is 0.557. The fourth-order valence-corrected chi connectivity index (χ4v) is 1.95. The fourth-order valence-electron chi connectivity index (χ4n) is 1.95. The van der Waals surface area contributed by atoms with Gasteiger partial charge in [-0.25, -0.2) is 4.79 Å². The highest BCUT2D eigenvalue weighted by Crippen LogP contribution is 2.11. The van der Waals surface area contributed by atoms with Crippen molar-refractivity contribution in [3.63, 3.8) is 0 Å². The lowest BCUT2D eigenvalue weighted by atomic mass is 10.1. The van der Waals surface area contributed by atoms with Crippen LogP contribution >= 0.6 is 0 Å². The van der Waals surface area contributed by atoms with E-state index in [0.717, 1.165) is 6.42 Å². The molecule has 0 amide bonds. The molecular formula is C16H28O. The van der Waals surface area contributed by atoms with Crippen molar-refractivity contribution in [3.05, 3.63) is 18.2 Å². The molecule has 0 saturated carbocycles. The molecule has 0 atom stereocenters. The molecule has 0 radical (unpaired) electrons. The second kappa shape index (κ2) is 15.2. The van der Waals surface area contributed by atoms with Crippen molar-refractivity contribution >= 4 is 5.94 Å². The van der Waals surface area contributed by atoms with Crippen LogP contribution in [-0.4, -0.2) is 5.94 Å². The van der Waals surface area contributed by atoms with E-state index in [0.29, 0.717) is 0 Å². The van der Waals surface area contributed by atoms with Crippen molar-refractivity contribution in [2.45, 2.75) is 77.6 Å². The summed E-state index contributed by atoms with van der Waals surface area (Å²) in [5.41, 5.74) is 0. The molecule has 0 fully saturated rings. The molecule has 98 valence electrons. The van der Waals surface area contributed by atoms with Crippen LogP contribution in [0.15, 0.2) is 18.2 Å². The second-order valence-corrected chi connectivity index (χ2v) is 4.68. The summed E-state index contributed by atoms with van der Waals surface area (Å²) < 4.78 is 0. The normalized spacial score (nSPS) is 10.6. The molecule has 0 saturated heterocycles. The van der Waals surface area contributed by atoms with E-state index >= 15 is 0 Å². The summed E-state index contributed by atoms with van der Waals surface area (Å²) in [6.45, 7) is 2.26. The summed E-state index contributed by atoms with van der Waals surface area (Å²) in [5, 5.41) is 0. The monoisotopic (exact) mass is 236 g/mol. The van der Waals surface area contributed by atoms with E-state index < -0.39 is 0 Å². The van der Waals surface area contributed by atoms with Crippen LogP contribution in [0.1, 0.15) is 77.6 Å². The smallest absolute Gasteiger partial charge is 0.124 e. The molecule has 0 aromatic heterocycles. The molecule has 0 N–H and O–H groups in total. The highest BCUT2D eigenvalue weighted by Gasteiger charge is 1.91. The van der Waals surface area contributed by atoms with Gasteiger partial charge in [-0.2, -0.15) is 0 Å². The van der Waals surface area contributed by atoms with E-state index in [-0.39, 0.29) is 0 Å². The van der Waals surface area contributed by atoms with Crippen LogP contribution in [0.3, 0.4) is 0 Å². The van der Waals surface area contributed by atoms with Crippen LogP contribution in [0, 0.1) is 0 Å². The molecule has 1 nitrogen and oxygen atoms in total. The van der Waals surface area contributed by atoms with Gasteiger partial charge in [0.25, 0.3) is 0 Å². The Labute approximate surface area is 107 Å². The number of carbonyl (C=O) groups excluding carboxylic acids is 1. The van der Waals surface area contributed by atoms with Gasteiger partial charge in [0.2, 0.25) is 0 Å². The SMILES string of the molecule is CCCCCCCCCCCCC=CC=C=O. The average molecular weight is 236 g/mol. The topological polar surface area (TPSA) is 17.1 Å². The predicted molar refractivity (Wildman–Crippen MR) is 75.9 cm³/mol. The predicted octanol–water partition coefficient (Wildman–Crippen LogP) is 5.24. The van der Waals surface area contributed by atoms with Crippen molar-refractivity contribution in [1.29, 1.82) is 0 Å². The average Bonchev–Trinajstić information content (AvgIpc) is 2.35. The van der Waals surface area contributed by atoms with Crippen molar-refractivity contribution in [2.75, 3.05) is 0 Å². The van der Waals surface area contributed by atoms with Crippen molar-refractivity contribution in [3.8, 4) is 0 Å². The summed E-state index contributed by atoms with van der Waals surface area (Å²) in [6.07, 6.45) is 20.1. The zero-order chi connectivity index (χ0) is 12.6. The van der Waals surface area contributed by atoms with Crippen molar-refractivity contribution in [1.82, 2.24) is 0 Å². The highest BCUT2D eigenvalue weighted by molar-refractivity contribution is 5.48. The highest BCUT2D eigenvalue weighted by atomic mass is 16.1. The Bertz CT molecular complexity index is 212. The molecule has 0 aromatic rings. The lowest BCUT2D eigenvalue weighted by Gasteiger charge is -2.01. The summed E-state index contributed by atoms with van der Waals surface area (Å²) in [7, 11) is 0. The van der Waals surface area contributed by atoms with Gasteiger partial charge in [-0.15, -0.1) is 0 Å². The zero-order valence-corrected chi connectivity index (χ0v) is 11.4. The lowest BCUT2D eigenvalue weighted by Crippen LogP contribution is -1.81. The van der Waals surface area contributed by atoms with Gasteiger partial charge in [0.05, 0.1) is 0 Å². The first-order chi connectivity index (χ1) is 8.41. The van der Waals surface area contributed by atoms with E-state index in [2.05, 4.69) is 13.0 Å². The van der Waals surface area contributed by atoms with Gasteiger partial charge in [-0.3, -0.25) is 0 Å². The quantitative estimate of drug-likeness (QED) is 0.257. The van der Waals surface area contributed by atoms with Crippen molar-refractivity contribution < 1.29 is 4.79 Å². The Morgan fingerprint density at radius 1 is 0.824 bits per heavy atom. The first-order valence-corrected chi connectivity index (χ1v) is 7.27. The molecule has 0 aliphatic heterocycles. The number of hydrogen-bond acceptors (Lipinski definition) is 1. The maximum atomic E-state index is 9.87. The van der Waals surface area contributed by atoms with Gasteiger partial charge in [0, 0.05) is 6.08 Å². The molecule has 0 aliphatic rings. The van der Waals surface area contributed by atoms with Gasteiger partial charge < -0.3 is 0 Å². The molecule has 0 bridgehead atoms. The molecular weight excluding hydrogens is 208 g/mol. The van der Waals surface area contributed by atoms with Crippen LogP contribution in [0.4, 0.5) is 0 Å². The number of allylic oxidation sites excluding steroid dienone is 3. The maximum Gasteiger partial charge on any atom is 0.124 e. The van der Waals surface area contributed by atoms with E-state index in [9.17, 15) is 4.79 Å². The third kappa shape index (κ3) is 15.2. The van der Waals surface area contributed by atoms with Gasteiger partial charge in [-0.1, -0.05) is 76.9 Å². The first kappa shape index (κ1) is 16.2. The Morgan fingerprint density at radius 2 is 1.35 bits per heavy atom. The van der Waals surface area contributed by atoms with E-state index in [4.69, 9.17) is 0 Å². The first-order valence-electron chi connectivity index (χ1n) is 7.27. The minimum absolute atomic E-state index is 1.09. The summed E-state index contributed by atoms with van der Waals surface area (Å²) in [6, 6.07) is 0. The van der Waals surface area contributed by atoms with Crippen LogP contribution in [0.5, 0.6) is 0 Å². The second-order valence-electron chi connectivity index (χ2n) is 4.68. The Balaban J connectivity index is 3.01. The van der Waals surface area contributed by atoms with Crippen LogP contribution in [0.25, 0.3) is 0 Å². The number of hydrogen-bond donors (Lipinski definition) is 0. The molecule has 17 heavy (non-hydrogen) atoms. The van der Waals surface area contributed by atoms with E-state index in [1.165, 1.54) is 70.3 Å². The fraction of sp³-hybridized carbons (Fsp3) is 0.750. The van der Waals surface area contributed by atoms with Crippen molar-refractivity contribution in [2.24, 2.45) is 0 Å². The minimum Gasteiger partial charge on any atom is -0.234 e. The third-order valence-electron chi connectivity index (χ3n) is 3.02. The summed E-state index contributed by atoms with van der Waals surface area (Å²) in [4.78, 5) is 9.87.